The van der Waals surface area contributed by atoms with Crippen LogP contribution >= 0.6 is 15.6 Å². The summed E-state index contributed by atoms with van der Waals surface area (Å²) < 4.78 is 68.8. The number of hydrogen-bond acceptors (Lipinski definition) is 15. The Balaban J connectivity index is 5.27. The number of ether oxygens (including phenoxy) is 4. The van der Waals surface area contributed by atoms with E-state index >= 15 is 0 Å². The molecule has 0 aromatic rings. The van der Waals surface area contributed by atoms with E-state index in [1.54, 1.807) is 0 Å². The number of phosphoric ester groups is 2. The Labute approximate surface area is 637 Å². The number of aliphatic hydroxyl groups is 1. The van der Waals surface area contributed by atoms with E-state index in [0.717, 1.165) is 121 Å². The Kier molecular flexibility index (Phi) is 74.1. The van der Waals surface area contributed by atoms with Gasteiger partial charge in [0.1, 0.15) is 19.3 Å². The van der Waals surface area contributed by atoms with E-state index in [1.807, 2.05) is 0 Å². The second kappa shape index (κ2) is 75.9. The normalized spacial score (nSPS) is 14.0. The van der Waals surface area contributed by atoms with E-state index < -0.39 is 97.5 Å². The van der Waals surface area contributed by atoms with Gasteiger partial charge in [0.2, 0.25) is 0 Å². The third-order valence-electron chi connectivity index (χ3n) is 19.3. The second-order valence-electron chi connectivity index (χ2n) is 30.8. The van der Waals surface area contributed by atoms with Gasteiger partial charge in [-0.2, -0.15) is 0 Å². The largest absolute Gasteiger partial charge is 0.472 e. The standard InChI is InChI=1S/C85H162O17P2/c1-7-9-11-13-15-17-19-21-23-26-31-34-38-42-49-55-61-67-82(87)95-73-80(101-84(89)70-64-58-52-44-40-36-32-28-25-24-27-30-33-37-41-47-53-59-65-77(3)4)75-99-103(91,92)97-71-79(86)72-98-104(93,94)100-76-81(74-96-83(88)68-62-56-50-46-45-48-54-60-66-78(5)6)102-85(90)69-63-57-51-43-39-35-29-22-20-18-16-14-12-10-8-2/h18,20,22,29,77-81,86H,7-17,19,21,23-28,30-76H2,1-6H3,(H,91,92)(H,93,94)/b20-18-,29-22-/t79-,80-,81-/m1/s1. The molecule has 2 unspecified atom stereocenters. The summed E-state index contributed by atoms with van der Waals surface area (Å²) in [5, 5.41) is 10.7. The van der Waals surface area contributed by atoms with Crippen LogP contribution in [0.4, 0.5) is 0 Å². The Morgan fingerprint density at radius 2 is 0.519 bits per heavy atom. The molecule has 0 aliphatic rings. The van der Waals surface area contributed by atoms with E-state index in [2.05, 4.69) is 65.8 Å². The molecule has 0 radical (unpaired) electrons. The first-order valence-electron chi connectivity index (χ1n) is 43.3. The van der Waals surface area contributed by atoms with Gasteiger partial charge in [-0.15, -0.1) is 0 Å². The van der Waals surface area contributed by atoms with Crippen LogP contribution in [0.15, 0.2) is 24.3 Å². The van der Waals surface area contributed by atoms with Crippen molar-refractivity contribution >= 4 is 39.5 Å². The van der Waals surface area contributed by atoms with Crippen LogP contribution < -0.4 is 0 Å². The predicted molar refractivity (Wildman–Crippen MR) is 427 cm³/mol. The van der Waals surface area contributed by atoms with Crippen LogP contribution in [0.5, 0.6) is 0 Å². The van der Waals surface area contributed by atoms with Gasteiger partial charge in [-0.3, -0.25) is 37.3 Å². The maximum atomic E-state index is 13.1. The maximum Gasteiger partial charge on any atom is 0.472 e. The van der Waals surface area contributed by atoms with Gasteiger partial charge in [0.05, 0.1) is 26.4 Å². The van der Waals surface area contributed by atoms with Crippen LogP contribution in [0.2, 0.25) is 0 Å². The molecule has 19 heteroatoms. The SMILES string of the molecule is CCCCCC/C=C\C=C/CCCCCCCC(=O)O[C@H](COC(=O)CCCCCCCCCCC(C)C)COP(=O)(O)OC[C@H](O)COP(=O)(O)OC[C@@H](COC(=O)CCCCCCCCCCCCCCCCCCC)OC(=O)CCCCCCCCCCCCCCCCCCCCC(C)C. The number of carbonyl (C=O) groups excluding carboxylic acids is 4. The van der Waals surface area contributed by atoms with Gasteiger partial charge in [0, 0.05) is 25.7 Å². The fraction of sp³-hybridized carbons (Fsp3) is 0.906. The van der Waals surface area contributed by atoms with Gasteiger partial charge in [-0.25, -0.2) is 9.13 Å². The molecule has 614 valence electrons. The van der Waals surface area contributed by atoms with Gasteiger partial charge < -0.3 is 33.8 Å². The lowest BCUT2D eigenvalue weighted by Gasteiger charge is -2.21. The molecule has 17 nitrogen and oxygen atoms in total. The minimum Gasteiger partial charge on any atom is -0.462 e. The van der Waals surface area contributed by atoms with E-state index in [9.17, 15) is 43.2 Å². The van der Waals surface area contributed by atoms with Crippen molar-refractivity contribution in [2.45, 2.75) is 445 Å². The number of rotatable bonds is 82. The molecule has 0 amide bonds. The summed E-state index contributed by atoms with van der Waals surface area (Å²) in [4.78, 5) is 73.1. The maximum absolute atomic E-state index is 13.1. The average molecular weight is 1520 g/mol. The van der Waals surface area contributed by atoms with Gasteiger partial charge in [0.25, 0.3) is 0 Å². The molecule has 104 heavy (non-hydrogen) atoms. The summed E-state index contributed by atoms with van der Waals surface area (Å²) in [6.45, 7) is 9.59. The Morgan fingerprint density at radius 1 is 0.298 bits per heavy atom. The fourth-order valence-electron chi connectivity index (χ4n) is 12.7. The molecular formula is C85H162O17P2. The highest BCUT2D eigenvalue weighted by molar-refractivity contribution is 7.47. The number of carbonyl (C=O) groups is 4. The number of esters is 4. The minimum absolute atomic E-state index is 0.0847. The van der Waals surface area contributed by atoms with Gasteiger partial charge >= 0.3 is 39.5 Å². The van der Waals surface area contributed by atoms with Crippen molar-refractivity contribution < 1.29 is 80.2 Å². The first-order valence-corrected chi connectivity index (χ1v) is 46.3. The molecule has 3 N–H and O–H groups in total. The summed E-state index contributed by atoms with van der Waals surface area (Å²) >= 11 is 0. The van der Waals surface area contributed by atoms with Crippen molar-refractivity contribution in [3.8, 4) is 0 Å². The van der Waals surface area contributed by atoms with Crippen molar-refractivity contribution in [1.29, 1.82) is 0 Å². The van der Waals surface area contributed by atoms with Gasteiger partial charge in [0.15, 0.2) is 12.2 Å². The van der Waals surface area contributed by atoms with Crippen LogP contribution in [-0.2, 0) is 65.4 Å². The molecule has 0 saturated heterocycles. The van der Waals surface area contributed by atoms with Crippen LogP contribution in [0.25, 0.3) is 0 Å². The van der Waals surface area contributed by atoms with E-state index in [-0.39, 0.29) is 25.7 Å². The summed E-state index contributed by atoms with van der Waals surface area (Å²) in [5.74, 6) is -0.592. The number of phosphoric acid groups is 2. The molecule has 0 aromatic heterocycles. The molecule has 0 heterocycles. The number of aliphatic hydroxyl groups excluding tert-OH is 1. The van der Waals surface area contributed by atoms with Crippen molar-refractivity contribution in [3.63, 3.8) is 0 Å². The third kappa shape index (κ3) is 77.7. The molecule has 0 aromatic carbocycles. The Morgan fingerprint density at radius 3 is 0.788 bits per heavy atom. The Bertz CT molecular complexity index is 2090. The Hall–Kier alpha value is -2.46. The molecule has 0 aliphatic carbocycles. The van der Waals surface area contributed by atoms with Crippen molar-refractivity contribution in [1.82, 2.24) is 0 Å². The van der Waals surface area contributed by atoms with E-state index in [0.29, 0.717) is 25.7 Å². The monoisotopic (exact) mass is 1520 g/mol. The van der Waals surface area contributed by atoms with Crippen LogP contribution in [-0.4, -0.2) is 96.7 Å². The first kappa shape index (κ1) is 102. The highest BCUT2D eigenvalue weighted by atomic mass is 31.2. The third-order valence-corrected chi connectivity index (χ3v) is 21.2. The number of allylic oxidation sites excluding steroid dienone is 4. The topological polar surface area (TPSA) is 237 Å². The molecule has 0 spiro atoms. The molecule has 0 aliphatic heterocycles. The molecular weight excluding hydrogens is 1350 g/mol. The van der Waals surface area contributed by atoms with Crippen LogP contribution in [0, 0.1) is 11.8 Å². The minimum atomic E-state index is -4.97. The van der Waals surface area contributed by atoms with E-state index in [1.165, 1.54) is 225 Å². The fourth-order valence-corrected chi connectivity index (χ4v) is 14.3. The highest BCUT2D eigenvalue weighted by Gasteiger charge is 2.30. The number of hydrogen-bond donors (Lipinski definition) is 3. The lowest BCUT2D eigenvalue weighted by molar-refractivity contribution is -0.161. The molecule has 0 rings (SSSR count). The van der Waals surface area contributed by atoms with Crippen molar-refractivity contribution in [3.05, 3.63) is 24.3 Å². The van der Waals surface area contributed by atoms with Crippen molar-refractivity contribution in [2.75, 3.05) is 39.6 Å². The molecule has 0 fully saturated rings. The number of unbranched alkanes of at least 4 members (excludes halogenated alkanes) is 49. The zero-order chi connectivity index (χ0) is 76.4. The van der Waals surface area contributed by atoms with Crippen LogP contribution in [0.3, 0.4) is 0 Å². The smallest absolute Gasteiger partial charge is 0.462 e. The average Bonchev–Trinajstić information content (AvgIpc) is 0.916. The second-order valence-corrected chi connectivity index (χ2v) is 33.7. The van der Waals surface area contributed by atoms with Crippen molar-refractivity contribution in [2.24, 2.45) is 11.8 Å². The highest BCUT2D eigenvalue weighted by Crippen LogP contribution is 2.45. The van der Waals surface area contributed by atoms with Gasteiger partial charge in [-0.05, 0) is 63.2 Å². The zero-order valence-electron chi connectivity index (χ0n) is 67.8. The molecule has 5 atom stereocenters. The summed E-state index contributed by atoms with van der Waals surface area (Å²) in [7, 11) is -9.94. The quantitative estimate of drug-likeness (QED) is 0.0169. The lowest BCUT2D eigenvalue weighted by atomic mass is 10.0. The first-order chi connectivity index (χ1) is 50.4. The molecule has 0 bridgehead atoms. The summed E-state index contributed by atoms with van der Waals surface area (Å²) in [6.07, 6.45) is 70.3. The summed E-state index contributed by atoms with van der Waals surface area (Å²) in [5.41, 5.74) is 0. The van der Waals surface area contributed by atoms with Gasteiger partial charge in [-0.1, -0.05) is 374 Å². The van der Waals surface area contributed by atoms with E-state index in [4.69, 9.17) is 37.0 Å². The lowest BCUT2D eigenvalue weighted by Crippen LogP contribution is -2.30. The molecule has 0 saturated carbocycles. The zero-order valence-corrected chi connectivity index (χ0v) is 69.6. The summed E-state index contributed by atoms with van der Waals surface area (Å²) in [6, 6.07) is 0. The predicted octanol–water partition coefficient (Wildman–Crippen LogP) is 25.4. The van der Waals surface area contributed by atoms with Crippen LogP contribution in [0.1, 0.15) is 427 Å².